The summed E-state index contributed by atoms with van der Waals surface area (Å²) < 4.78 is 75.7. The summed E-state index contributed by atoms with van der Waals surface area (Å²) in [6, 6.07) is 0. The largest absolute Gasteiger partial charge is 0.379 e. The van der Waals surface area contributed by atoms with Crippen LogP contribution in [0.25, 0.3) is 0 Å². The number of unbranched alkanes of at least 4 members (excludes halogenated alkanes) is 2. The molecular weight excluding hydrogens is 426 g/mol. The van der Waals surface area contributed by atoms with Gasteiger partial charge in [-0.05, 0) is 19.3 Å². The Morgan fingerprint density at radius 3 is 1.62 bits per heavy atom. The molecule has 12 heteroatoms. The molecule has 0 amide bonds. The zero-order chi connectivity index (χ0) is 22.0. The lowest BCUT2D eigenvalue weighted by atomic mass is 10.3. The molecule has 0 aliphatic carbocycles. The van der Waals surface area contributed by atoms with Gasteiger partial charge in [-0.1, -0.05) is 13.3 Å². The van der Waals surface area contributed by atoms with Crippen LogP contribution < -0.4 is 0 Å². The van der Waals surface area contributed by atoms with Crippen molar-refractivity contribution in [3.8, 4) is 0 Å². The topological polar surface area (TPSA) is 129 Å². The second-order valence-electron chi connectivity index (χ2n) is 6.46. The maximum atomic E-state index is 11.6. The molecule has 0 saturated heterocycles. The van der Waals surface area contributed by atoms with Crippen molar-refractivity contribution in [1.29, 1.82) is 0 Å². The number of hydrogen-bond acceptors (Lipinski definition) is 8. The summed E-state index contributed by atoms with van der Waals surface area (Å²) in [5.74, 6) is -0.247. The quantitative estimate of drug-likeness (QED) is 0.194. The molecular formula is C17H37NO9S2. The molecule has 0 unspecified atom stereocenters. The van der Waals surface area contributed by atoms with Crippen molar-refractivity contribution < 1.29 is 40.3 Å². The highest BCUT2D eigenvalue weighted by Crippen LogP contribution is 2.01. The van der Waals surface area contributed by atoms with Gasteiger partial charge >= 0.3 is 0 Å². The van der Waals surface area contributed by atoms with E-state index < -0.39 is 20.1 Å². The van der Waals surface area contributed by atoms with Crippen LogP contribution in [0.15, 0.2) is 0 Å². The van der Waals surface area contributed by atoms with E-state index in [9.17, 15) is 16.8 Å². The maximum absolute atomic E-state index is 11.6. The predicted octanol–water partition coefficient (Wildman–Crippen LogP) is 0.783. The average Bonchev–Trinajstić information content (AvgIpc) is 2.61. The van der Waals surface area contributed by atoms with Crippen LogP contribution in [0.2, 0.25) is 0 Å². The Kier molecular flexibility index (Phi) is 17.1. The average molecular weight is 464 g/mol. The summed E-state index contributed by atoms with van der Waals surface area (Å²) in [6.07, 6.45) is 3.89. The van der Waals surface area contributed by atoms with Gasteiger partial charge in [0.1, 0.15) is 0 Å². The van der Waals surface area contributed by atoms with Gasteiger partial charge in [-0.25, -0.2) is 8.42 Å². The summed E-state index contributed by atoms with van der Waals surface area (Å²) in [5.41, 5.74) is 0. The minimum Gasteiger partial charge on any atom is -0.379 e. The van der Waals surface area contributed by atoms with E-state index in [2.05, 4.69) is 0 Å². The van der Waals surface area contributed by atoms with Gasteiger partial charge < -0.3 is 18.9 Å². The molecule has 10 nitrogen and oxygen atoms in total. The molecule has 1 N–H and O–H groups in total. The number of nitrogens with zero attached hydrogens (tertiary/aromatic N) is 1. The van der Waals surface area contributed by atoms with Crippen LogP contribution in [-0.4, -0.2) is 104 Å². The van der Waals surface area contributed by atoms with Gasteiger partial charge in [0.05, 0.1) is 58.3 Å². The van der Waals surface area contributed by atoms with Gasteiger partial charge in [-0.15, -0.1) is 0 Å². The molecule has 176 valence electrons. The van der Waals surface area contributed by atoms with E-state index in [1.54, 1.807) is 0 Å². The number of ether oxygens (including phenoxy) is 4. The van der Waals surface area contributed by atoms with Gasteiger partial charge in [0.25, 0.3) is 10.1 Å². The van der Waals surface area contributed by atoms with Gasteiger partial charge in [0.15, 0.2) is 0 Å². The smallest absolute Gasteiger partial charge is 0.264 e. The van der Waals surface area contributed by atoms with E-state index in [1.807, 2.05) is 6.92 Å². The summed E-state index contributed by atoms with van der Waals surface area (Å²) in [6.45, 7) is 6.08. The fraction of sp³-hybridized carbons (Fsp3) is 1.00. The molecule has 0 aromatic rings. The van der Waals surface area contributed by atoms with Crippen LogP contribution >= 0.6 is 0 Å². The van der Waals surface area contributed by atoms with E-state index in [0.717, 1.165) is 12.8 Å². The summed E-state index contributed by atoms with van der Waals surface area (Å²) in [5, 5.41) is 0. The summed E-state index contributed by atoms with van der Waals surface area (Å²) in [7, 11) is -7.09. The van der Waals surface area contributed by atoms with Crippen molar-refractivity contribution in [2.45, 2.75) is 32.6 Å². The fourth-order valence-electron chi connectivity index (χ4n) is 2.19. The molecule has 0 atom stereocenters. The van der Waals surface area contributed by atoms with E-state index in [0.29, 0.717) is 78.8 Å². The first-order valence-electron chi connectivity index (χ1n) is 9.88. The lowest BCUT2D eigenvalue weighted by Gasteiger charge is -2.19. The molecule has 0 fully saturated rings. The molecule has 0 heterocycles. The van der Waals surface area contributed by atoms with Crippen molar-refractivity contribution in [2.75, 3.05) is 78.0 Å². The van der Waals surface area contributed by atoms with Gasteiger partial charge in [0.2, 0.25) is 10.0 Å². The van der Waals surface area contributed by atoms with Gasteiger partial charge in [-0.3, -0.25) is 4.55 Å². The normalized spacial score (nSPS) is 12.7. The van der Waals surface area contributed by atoms with E-state index >= 15 is 0 Å². The molecule has 0 saturated carbocycles. The third-order valence-corrected chi connectivity index (χ3v) is 5.88. The SMILES string of the molecule is CCCCN(CCOCCOCCOCCOCCCCS(=O)(=O)O)S(C)(=O)=O. The van der Waals surface area contributed by atoms with Crippen molar-refractivity contribution >= 4 is 20.1 Å². The van der Waals surface area contributed by atoms with Crippen molar-refractivity contribution in [1.82, 2.24) is 4.31 Å². The molecule has 29 heavy (non-hydrogen) atoms. The van der Waals surface area contributed by atoms with Crippen LogP contribution in [0.4, 0.5) is 0 Å². The van der Waals surface area contributed by atoms with Crippen molar-refractivity contribution in [3.05, 3.63) is 0 Å². The molecule has 0 aliphatic rings. The number of rotatable bonds is 21. The molecule has 0 aromatic heterocycles. The van der Waals surface area contributed by atoms with Gasteiger partial charge in [0, 0.05) is 19.7 Å². The second kappa shape index (κ2) is 17.4. The Balaban J connectivity index is 3.39. The van der Waals surface area contributed by atoms with Crippen LogP contribution in [0, 0.1) is 0 Å². The van der Waals surface area contributed by atoms with Crippen molar-refractivity contribution in [2.24, 2.45) is 0 Å². The van der Waals surface area contributed by atoms with Crippen LogP contribution in [-0.2, 0) is 39.1 Å². The molecule has 0 spiro atoms. The van der Waals surface area contributed by atoms with E-state index in [-0.39, 0.29) is 5.75 Å². The first-order valence-corrected chi connectivity index (χ1v) is 13.3. The third-order valence-electron chi connectivity index (χ3n) is 3.77. The highest BCUT2D eigenvalue weighted by atomic mass is 32.2. The maximum Gasteiger partial charge on any atom is 0.264 e. The molecule has 0 radical (unpaired) electrons. The molecule has 0 bridgehead atoms. The highest BCUT2D eigenvalue weighted by molar-refractivity contribution is 7.88. The third kappa shape index (κ3) is 20.7. The zero-order valence-corrected chi connectivity index (χ0v) is 19.2. The Morgan fingerprint density at radius 2 is 1.17 bits per heavy atom. The van der Waals surface area contributed by atoms with Crippen LogP contribution in [0.3, 0.4) is 0 Å². The minimum absolute atomic E-state index is 0.247. The van der Waals surface area contributed by atoms with Gasteiger partial charge in [-0.2, -0.15) is 12.7 Å². The molecule has 0 aliphatic heterocycles. The fourth-order valence-corrected chi connectivity index (χ4v) is 3.63. The Bertz CT molecular complexity index is 582. The first kappa shape index (κ1) is 28.7. The molecule has 0 rings (SSSR count). The minimum atomic E-state index is -3.88. The number of sulfonamides is 1. The standard InChI is InChI=1S/C17H37NO9S2/c1-3-4-7-18(28(2,19)20)8-10-25-12-14-27-16-15-26-13-11-24-9-5-6-17-29(21,22)23/h3-17H2,1-2H3,(H,21,22,23). The lowest BCUT2D eigenvalue weighted by molar-refractivity contribution is -0.00270. The Hall–Kier alpha value is -0.340. The van der Waals surface area contributed by atoms with E-state index in [4.69, 9.17) is 23.5 Å². The first-order chi connectivity index (χ1) is 13.7. The second-order valence-corrected chi connectivity index (χ2v) is 10.0. The number of hydrogen-bond donors (Lipinski definition) is 1. The highest BCUT2D eigenvalue weighted by Gasteiger charge is 2.15. The lowest BCUT2D eigenvalue weighted by Crippen LogP contribution is -2.34. The van der Waals surface area contributed by atoms with Crippen LogP contribution in [0.5, 0.6) is 0 Å². The predicted molar refractivity (Wildman–Crippen MR) is 110 cm³/mol. The monoisotopic (exact) mass is 463 g/mol. The zero-order valence-electron chi connectivity index (χ0n) is 17.6. The van der Waals surface area contributed by atoms with E-state index in [1.165, 1.54) is 10.6 Å². The summed E-state index contributed by atoms with van der Waals surface area (Å²) >= 11 is 0. The Labute approximate surface area is 175 Å². The van der Waals surface area contributed by atoms with Crippen molar-refractivity contribution in [3.63, 3.8) is 0 Å². The summed E-state index contributed by atoms with van der Waals surface area (Å²) in [4.78, 5) is 0. The molecule has 0 aromatic carbocycles. The Morgan fingerprint density at radius 1 is 0.690 bits per heavy atom. The van der Waals surface area contributed by atoms with Crippen LogP contribution in [0.1, 0.15) is 32.6 Å².